The number of aliphatic imine (C=N–C) groups is 1. The molecular formula is C12H14Br2N4O. The van der Waals surface area contributed by atoms with Crippen molar-refractivity contribution in [2.75, 3.05) is 30.4 Å². The highest BCUT2D eigenvalue weighted by Crippen LogP contribution is 2.35. The topological polar surface area (TPSA) is 56.7 Å². The number of carbonyl (C=O) groups excluding carboxylic acids is 1. The van der Waals surface area contributed by atoms with Crippen molar-refractivity contribution in [2.45, 2.75) is 6.92 Å². The van der Waals surface area contributed by atoms with Crippen LogP contribution in [0.3, 0.4) is 0 Å². The Kier molecular flexibility index (Phi) is 4.46. The van der Waals surface area contributed by atoms with E-state index in [-0.39, 0.29) is 5.91 Å². The molecule has 0 aromatic heterocycles. The zero-order chi connectivity index (χ0) is 14.0. The molecule has 1 heterocycles. The van der Waals surface area contributed by atoms with Gasteiger partial charge in [0.25, 0.3) is 0 Å². The second kappa shape index (κ2) is 5.92. The molecule has 7 heteroatoms. The third-order valence-electron chi connectivity index (χ3n) is 2.80. The number of rotatable bonds is 2. The molecule has 0 bridgehead atoms. The van der Waals surface area contributed by atoms with Gasteiger partial charge >= 0.3 is 0 Å². The van der Waals surface area contributed by atoms with Crippen molar-refractivity contribution in [1.29, 1.82) is 0 Å². The fraction of sp³-hybridized carbons (Fsp3) is 0.333. The highest BCUT2D eigenvalue weighted by atomic mass is 79.9. The summed E-state index contributed by atoms with van der Waals surface area (Å²) in [5, 5.41) is 6.36. The van der Waals surface area contributed by atoms with E-state index in [4.69, 9.17) is 0 Å². The summed E-state index contributed by atoms with van der Waals surface area (Å²) in [6.45, 7) is 3.16. The first-order valence-electron chi connectivity index (χ1n) is 5.77. The molecule has 0 atom stereocenters. The van der Waals surface area contributed by atoms with Crippen LogP contribution in [0, 0.1) is 0 Å². The molecule has 0 spiro atoms. The molecule has 1 aliphatic heterocycles. The molecule has 0 saturated heterocycles. The Morgan fingerprint density at radius 1 is 1.42 bits per heavy atom. The lowest BCUT2D eigenvalue weighted by molar-refractivity contribution is -0.116. The molecule has 0 radical (unpaired) electrons. The molecule has 0 fully saturated rings. The molecule has 2 N–H and O–H groups in total. The van der Waals surface area contributed by atoms with Crippen molar-refractivity contribution < 1.29 is 4.79 Å². The van der Waals surface area contributed by atoms with Crippen molar-refractivity contribution in [1.82, 2.24) is 5.32 Å². The first-order valence-corrected chi connectivity index (χ1v) is 7.36. The van der Waals surface area contributed by atoms with Crippen molar-refractivity contribution in [3.05, 3.63) is 21.1 Å². The van der Waals surface area contributed by atoms with Gasteiger partial charge in [-0.15, -0.1) is 0 Å². The predicted molar refractivity (Wildman–Crippen MR) is 84.9 cm³/mol. The molecule has 0 aliphatic carbocycles. The minimum Gasteiger partial charge on any atom is -0.354 e. The van der Waals surface area contributed by atoms with Crippen LogP contribution in [-0.2, 0) is 4.79 Å². The van der Waals surface area contributed by atoms with Gasteiger partial charge in [-0.25, -0.2) is 0 Å². The molecule has 2 rings (SSSR count). The Morgan fingerprint density at radius 3 is 2.53 bits per heavy atom. The molecule has 0 unspecified atom stereocenters. The van der Waals surface area contributed by atoms with Crippen LogP contribution < -0.4 is 15.5 Å². The number of hydrogen-bond acceptors (Lipinski definition) is 4. The summed E-state index contributed by atoms with van der Waals surface area (Å²) < 4.78 is 1.72. The maximum atomic E-state index is 11.4. The monoisotopic (exact) mass is 388 g/mol. The maximum Gasteiger partial charge on any atom is 0.223 e. The summed E-state index contributed by atoms with van der Waals surface area (Å²) >= 11 is 7.02. The second-order valence-electron chi connectivity index (χ2n) is 4.14. The lowest BCUT2D eigenvalue weighted by atomic mass is 10.2. The number of carbonyl (C=O) groups is 1. The van der Waals surface area contributed by atoms with Gasteiger partial charge in [0, 0.05) is 35.1 Å². The van der Waals surface area contributed by atoms with Crippen LogP contribution in [0.1, 0.15) is 6.92 Å². The normalized spacial score (nSPS) is 13.8. The fourth-order valence-electron chi connectivity index (χ4n) is 1.65. The van der Waals surface area contributed by atoms with Crippen molar-refractivity contribution in [3.8, 4) is 0 Å². The van der Waals surface area contributed by atoms with Crippen LogP contribution in [0.2, 0.25) is 0 Å². The number of anilines is 2. The van der Waals surface area contributed by atoms with E-state index in [0.717, 1.165) is 39.4 Å². The molecule has 19 heavy (non-hydrogen) atoms. The van der Waals surface area contributed by atoms with Crippen LogP contribution in [0.5, 0.6) is 0 Å². The first kappa shape index (κ1) is 14.3. The van der Waals surface area contributed by atoms with Gasteiger partial charge in [0.2, 0.25) is 5.91 Å². The Hall–Kier alpha value is -1.08. The van der Waals surface area contributed by atoms with Crippen molar-refractivity contribution in [2.24, 2.45) is 4.99 Å². The third-order valence-corrected chi connectivity index (χ3v) is 4.05. The quantitative estimate of drug-likeness (QED) is 0.817. The fourth-order valence-corrected chi connectivity index (χ4v) is 3.02. The summed E-state index contributed by atoms with van der Waals surface area (Å²) in [5.41, 5.74) is 1.70. The number of guanidine groups is 1. The number of benzene rings is 1. The standard InChI is InChI=1S/C12H14Br2N4O/c1-7(19)18(2)8-5-9(13)11(10(14)6-8)17-12-15-3-4-16-12/h5-6H,3-4H2,1-2H3,(H2,15,16,17). The molecule has 1 aromatic rings. The lowest BCUT2D eigenvalue weighted by Crippen LogP contribution is -2.27. The minimum atomic E-state index is -0.0126. The van der Waals surface area contributed by atoms with E-state index in [9.17, 15) is 4.79 Å². The van der Waals surface area contributed by atoms with E-state index < -0.39 is 0 Å². The zero-order valence-electron chi connectivity index (χ0n) is 10.6. The average Bonchev–Trinajstić information content (AvgIpc) is 2.85. The summed E-state index contributed by atoms with van der Waals surface area (Å²) in [5.74, 6) is 0.746. The average molecular weight is 390 g/mol. The highest BCUT2D eigenvalue weighted by Gasteiger charge is 2.14. The van der Waals surface area contributed by atoms with Crippen LogP contribution in [-0.4, -0.2) is 32.0 Å². The van der Waals surface area contributed by atoms with Gasteiger partial charge in [0.05, 0.1) is 12.2 Å². The zero-order valence-corrected chi connectivity index (χ0v) is 13.8. The number of halogens is 2. The van der Waals surface area contributed by atoms with E-state index in [1.807, 2.05) is 12.1 Å². The lowest BCUT2D eigenvalue weighted by Gasteiger charge is -2.18. The second-order valence-corrected chi connectivity index (χ2v) is 5.85. The van der Waals surface area contributed by atoms with Gasteiger partial charge in [0.15, 0.2) is 5.96 Å². The summed E-state index contributed by atoms with van der Waals surface area (Å²) in [4.78, 5) is 17.3. The molecular weight excluding hydrogens is 376 g/mol. The van der Waals surface area contributed by atoms with Crippen LogP contribution in [0.15, 0.2) is 26.1 Å². The SMILES string of the molecule is CC(=O)N(C)c1cc(Br)c(NC2=NCCN2)c(Br)c1. The van der Waals surface area contributed by atoms with E-state index in [1.165, 1.54) is 6.92 Å². The Balaban J connectivity index is 2.29. The molecule has 1 amide bonds. The van der Waals surface area contributed by atoms with Crippen LogP contribution in [0.25, 0.3) is 0 Å². The van der Waals surface area contributed by atoms with Crippen LogP contribution >= 0.6 is 31.9 Å². The minimum absolute atomic E-state index is 0.0126. The molecule has 1 aromatic carbocycles. The molecule has 5 nitrogen and oxygen atoms in total. The number of amides is 1. The van der Waals surface area contributed by atoms with Gasteiger partial charge in [-0.05, 0) is 44.0 Å². The van der Waals surface area contributed by atoms with Gasteiger partial charge < -0.3 is 15.5 Å². The number of nitrogens with zero attached hydrogens (tertiary/aromatic N) is 2. The molecule has 0 saturated carbocycles. The number of hydrogen-bond donors (Lipinski definition) is 2. The van der Waals surface area contributed by atoms with Gasteiger partial charge in [-0.3, -0.25) is 9.79 Å². The van der Waals surface area contributed by atoms with E-state index in [1.54, 1.807) is 11.9 Å². The Morgan fingerprint density at radius 2 is 2.05 bits per heavy atom. The highest BCUT2D eigenvalue weighted by molar-refractivity contribution is 9.11. The smallest absolute Gasteiger partial charge is 0.223 e. The third kappa shape index (κ3) is 3.27. The molecule has 102 valence electrons. The Labute approximate surface area is 128 Å². The molecule has 1 aliphatic rings. The van der Waals surface area contributed by atoms with E-state index >= 15 is 0 Å². The van der Waals surface area contributed by atoms with Crippen molar-refractivity contribution in [3.63, 3.8) is 0 Å². The van der Waals surface area contributed by atoms with Crippen molar-refractivity contribution >= 4 is 55.1 Å². The first-order chi connectivity index (χ1) is 8.99. The summed E-state index contributed by atoms with van der Waals surface area (Å²) in [6.07, 6.45) is 0. The van der Waals surface area contributed by atoms with E-state index in [0.29, 0.717) is 0 Å². The van der Waals surface area contributed by atoms with Gasteiger partial charge in [-0.1, -0.05) is 0 Å². The van der Waals surface area contributed by atoms with E-state index in [2.05, 4.69) is 47.5 Å². The Bertz CT molecular complexity index is 522. The summed E-state index contributed by atoms with van der Waals surface area (Å²) in [7, 11) is 1.74. The van der Waals surface area contributed by atoms with Gasteiger partial charge in [-0.2, -0.15) is 0 Å². The van der Waals surface area contributed by atoms with Crippen LogP contribution in [0.4, 0.5) is 11.4 Å². The van der Waals surface area contributed by atoms with Gasteiger partial charge in [0.1, 0.15) is 0 Å². The predicted octanol–water partition coefficient (Wildman–Crippen LogP) is 2.57. The maximum absolute atomic E-state index is 11.4. The summed E-state index contributed by atoms with van der Waals surface area (Å²) in [6, 6.07) is 3.79. The number of nitrogens with one attached hydrogen (secondary N) is 2. The largest absolute Gasteiger partial charge is 0.354 e.